The second-order valence-corrected chi connectivity index (χ2v) is 9.93. The van der Waals surface area contributed by atoms with Gasteiger partial charge in [-0.3, -0.25) is 14.9 Å². The molecule has 194 valence electrons. The van der Waals surface area contributed by atoms with Crippen LogP contribution in [-0.4, -0.2) is 31.1 Å². The fourth-order valence-electron chi connectivity index (χ4n) is 4.94. The normalized spacial score (nSPS) is 14.5. The number of halogens is 1. The monoisotopic (exact) mass is 536 g/mol. The van der Waals surface area contributed by atoms with Gasteiger partial charge < -0.3 is 14.7 Å². The van der Waals surface area contributed by atoms with Crippen molar-refractivity contribution in [3.8, 4) is 22.8 Å². The molecule has 1 aliphatic rings. The maximum atomic E-state index is 13.7. The molecule has 1 atom stereocenters. The Balaban J connectivity index is 1.39. The molecule has 2 aromatic heterocycles. The Morgan fingerprint density at radius 1 is 1.03 bits per heavy atom. The lowest BCUT2D eigenvalue weighted by Gasteiger charge is -2.26. The highest BCUT2D eigenvalue weighted by Gasteiger charge is 2.42. The van der Waals surface area contributed by atoms with Gasteiger partial charge in [-0.15, -0.1) is 0 Å². The zero-order valence-corrected chi connectivity index (χ0v) is 21.9. The molecule has 0 aliphatic carbocycles. The van der Waals surface area contributed by atoms with Crippen molar-refractivity contribution in [2.75, 3.05) is 0 Å². The summed E-state index contributed by atoms with van der Waals surface area (Å²) in [6, 6.07) is 24.3. The fraction of sp³-hybridized carbons (Fsp3) is 0.129. The fourth-order valence-corrected chi connectivity index (χ4v) is 5.11. The van der Waals surface area contributed by atoms with Crippen molar-refractivity contribution >= 4 is 17.5 Å². The van der Waals surface area contributed by atoms with Crippen LogP contribution in [0.3, 0.4) is 0 Å². The molecule has 2 N–H and O–H groups in total. The third-order valence-electron chi connectivity index (χ3n) is 6.92. The van der Waals surface area contributed by atoms with E-state index in [0.717, 1.165) is 28.0 Å². The van der Waals surface area contributed by atoms with Crippen LogP contribution in [0.4, 0.5) is 0 Å². The standard InChI is InChI=1S/C31H25ClN4O3/c1-19-14-26(37)24(15-25(19)32)28-27-29(35-34-28)31(38)36(17-21-8-5-13-33-16-21)30(27)22-9-11-23(12-10-22)39-18-20-6-3-2-4-7-20/h2-16,30,37H,17-18H2,1H3,(H,34,35). The maximum Gasteiger partial charge on any atom is 0.273 e. The lowest BCUT2D eigenvalue weighted by molar-refractivity contribution is 0.0730. The van der Waals surface area contributed by atoms with Crippen LogP contribution in [0.1, 0.15) is 44.3 Å². The lowest BCUT2D eigenvalue weighted by Crippen LogP contribution is -2.29. The van der Waals surface area contributed by atoms with Gasteiger partial charge in [0.2, 0.25) is 0 Å². The number of carbonyl (C=O) groups excluding carboxylic acids is 1. The molecular weight excluding hydrogens is 512 g/mol. The van der Waals surface area contributed by atoms with Gasteiger partial charge in [0.05, 0.1) is 6.04 Å². The number of fused-ring (bicyclic) bond motifs is 1. The van der Waals surface area contributed by atoms with E-state index in [9.17, 15) is 9.90 Å². The summed E-state index contributed by atoms with van der Waals surface area (Å²) in [5.41, 5.74) is 5.65. The number of phenolic OH excluding ortho intramolecular Hbond substituents is 1. The smallest absolute Gasteiger partial charge is 0.273 e. The van der Waals surface area contributed by atoms with Crippen LogP contribution in [-0.2, 0) is 13.2 Å². The summed E-state index contributed by atoms with van der Waals surface area (Å²) < 4.78 is 5.99. The molecule has 1 unspecified atom stereocenters. The first-order valence-corrected chi connectivity index (χ1v) is 12.9. The molecule has 6 rings (SSSR count). The summed E-state index contributed by atoms with van der Waals surface area (Å²) in [7, 11) is 0. The van der Waals surface area contributed by atoms with Crippen molar-refractivity contribution in [3.63, 3.8) is 0 Å². The van der Waals surface area contributed by atoms with Crippen LogP contribution in [0.25, 0.3) is 11.3 Å². The topological polar surface area (TPSA) is 91.3 Å². The first-order chi connectivity index (χ1) is 19.0. The molecular formula is C31H25ClN4O3. The van der Waals surface area contributed by atoms with Gasteiger partial charge in [0.15, 0.2) is 0 Å². The SMILES string of the molecule is Cc1cc(O)c(-c2n[nH]c3c2C(c2ccc(OCc4ccccc4)cc2)N(Cc2cccnc2)C3=O)cc1Cl. The number of aromatic nitrogens is 3. The number of nitrogens with one attached hydrogen (secondary N) is 1. The van der Waals surface area contributed by atoms with Gasteiger partial charge in [-0.25, -0.2) is 0 Å². The van der Waals surface area contributed by atoms with E-state index < -0.39 is 6.04 Å². The molecule has 0 bridgehead atoms. The van der Waals surface area contributed by atoms with Crippen molar-refractivity contribution < 1.29 is 14.6 Å². The maximum absolute atomic E-state index is 13.7. The molecule has 5 aromatic rings. The number of aryl methyl sites for hydroxylation is 1. The van der Waals surface area contributed by atoms with Crippen LogP contribution in [0, 0.1) is 6.92 Å². The van der Waals surface area contributed by atoms with E-state index in [-0.39, 0.29) is 11.7 Å². The van der Waals surface area contributed by atoms with Crippen molar-refractivity contribution in [2.45, 2.75) is 26.1 Å². The summed E-state index contributed by atoms with van der Waals surface area (Å²) >= 11 is 6.42. The quantitative estimate of drug-likeness (QED) is 0.249. The van der Waals surface area contributed by atoms with E-state index in [0.29, 0.717) is 40.7 Å². The van der Waals surface area contributed by atoms with Crippen LogP contribution in [0.2, 0.25) is 5.02 Å². The van der Waals surface area contributed by atoms with E-state index in [1.54, 1.807) is 29.4 Å². The summed E-state index contributed by atoms with van der Waals surface area (Å²) in [6.45, 7) is 2.63. The molecule has 39 heavy (non-hydrogen) atoms. The van der Waals surface area contributed by atoms with Crippen LogP contribution >= 0.6 is 11.6 Å². The zero-order chi connectivity index (χ0) is 26.9. The van der Waals surface area contributed by atoms with Gasteiger partial charge in [-0.05, 0) is 59.5 Å². The second kappa shape index (κ2) is 10.3. The Morgan fingerprint density at radius 2 is 1.79 bits per heavy atom. The van der Waals surface area contributed by atoms with E-state index >= 15 is 0 Å². The summed E-state index contributed by atoms with van der Waals surface area (Å²) in [4.78, 5) is 19.7. The van der Waals surface area contributed by atoms with E-state index in [2.05, 4.69) is 15.2 Å². The number of aromatic amines is 1. The number of H-pyrrole nitrogens is 1. The Bertz CT molecular complexity index is 1640. The van der Waals surface area contributed by atoms with Gasteiger partial charge >= 0.3 is 0 Å². The molecule has 3 aromatic carbocycles. The summed E-state index contributed by atoms with van der Waals surface area (Å²) in [6.07, 6.45) is 3.46. The van der Waals surface area contributed by atoms with Crippen LogP contribution in [0.15, 0.2) is 91.3 Å². The predicted molar refractivity (Wildman–Crippen MR) is 149 cm³/mol. The molecule has 1 amide bonds. The molecule has 0 spiro atoms. The first-order valence-electron chi connectivity index (χ1n) is 12.5. The molecule has 8 heteroatoms. The number of pyridine rings is 1. The van der Waals surface area contributed by atoms with Crippen molar-refractivity contribution in [1.29, 1.82) is 0 Å². The number of benzene rings is 3. The third kappa shape index (κ3) is 4.73. The van der Waals surface area contributed by atoms with Crippen molar-refractivity contribution in [1.82, 2.24) is 20.1 Å². The molecule has 7 nitrogen and oxygen atoms in total. The third-order valence-corrected chi connectivity index (χ3v) is 7.32. The summed E-state index contributed by atoms with van der Waals surface area (Å²) in [5.74, 6) is 0.591. The zero-order valence-electron chi connectivity index (χ0n) is 21.1. The van der Waals surface area contributed by atoms with Gasteiger partial charge in [0, 0.05) is 35.1 Å². The number of rotatable bonds is 7. The van der Waals surface area contributed by atoms with Crippen LogP contribution in [0.5, 0.6) is 11.5 Å². The van der Waals surface area contributed by atoms with Crippen molar-refractivity contribution in [2.24, 2.45) is 0 Å². The molecule has 0 saturated heterocycles. The number of amides is 1. The van der Waals surface area contributed by atoms with Gasteiger partial charge in [-0.2, -0.15) is 5.10 Å². The van der Waals surface area contributed by atoms with E-state index in [1.165, 1.54) is 0 Å². The average molecular weight is 537 g/mol. The number of hydrogen-bond acceptors (Lipinski definition) is 5. The Labute approximate surface area is 230 Å². The number of aromatic hydroxyl groups is 1. The van der Waals surface area contributed by atoms with Gasteiger partial charge in [-0.1, -0.05) is 60.1 Å². The minimum absolute atomic E-state index is 0.0489. The van der Waals surface area contributed by atoms with E-state index in [4.69, 9.17) is 16.3 Å². The average Bonchev–Trinajstić information content (AvgIpc) is 3.50. The predicted octanol–water partition coefficient (Wildman–Crippen LogP) is 6.46. The molecule has 1 aliphatic heterocycles. The highest BCUT2D eigenvalue weighted by molar-refractivity contribution is 6.31. The highest BCUT2D eigenvalue weighted by Crippen LogP contribution is 2.46. The number of nitrogens with zero attached hydrogens (tertiary/aromatic N) is 3. The molecule has 3 heterocycles. The Hall–Kier alpha value is -4.62. The van der Waals surface area contributed by atoms with Crippen LogP contribution < -0.4 is 4.74 Å². The minimum atomic E-state index is -0.455. The Morgan fingerprint density at radius 3 is 2.54 bits per heavy atom. The molecule has 0 saturated carbocycles. The second-order valence-electron chi connectivity index (χ2n) is 9.52. The molecule has 0 radical (unpaired) electrons. The van der Waals surface area contributed by atoms with Gasteiger partial charge in [0.1, 0.15) is 29.5 Å². The first kappa shape index (κ1) is 24.7. The van der Waals surface area contributed by atoms with Crippen molar-refractivity contribution in [3.05, 3.63) is 130 Å². The molecule has 0 fully saturated rings. The Kier molecular flexibility index (Phi) is 6.50. The lowest BCUT2D eigenvalue weighted by atomic mass is 9.95. The van der Waals surface area contributed by atoms with Gasteiger partial charge in [0.25, 0.3) is 5.91 Å². The number of carbonyl (C=O) groups is 1. The highest BCUT2D eigenvalue weighted by atomic mass is 35.5. The number of hydrogen-bond donors (Lipinski definition) is 2. The minimum Gasteiger partial charge on any atom is -0.507 e. The number of ether oxygens (including phenoxy) is 1. The largest absolute Gasteiger partial charge is 0.507 e. The van der Waals surface area contributed by atoms with E-state index in [1.807, 2.05) is 73.7 Å². The number of phenols is 1. The summed E-state index contributed by atoms with van der Waals surface area (Å²) in [5, 5.41) is 18.7.